The van der Waals surface area contributed by atoms with E-state index in [0.717, 1.165) is 36.0 Å². The van der Waals surface area contributed by atoms with Crippen molar-refractivity contribution in [1.29, 1.82) is 0 Å². The van der Waals surface area contributed by atoms with Gasteiger partial charge in [-0.25, -0.2) is 0 Å². The van der Waals surface area contributed by atoms with Crippen molar-refractivity contribution in [3.05, 3.63) is 66.6 Å². The van der Waals surface area contributed by atoms with Crippen LogP contribution in [0.25, 0.3) is 16.6 Å². The van der Waals surface area contributed by atoms with E-state index in [1.54, 1.807) is 19.8 Å². The number of nitrogens with zero attached hydrogens (tertiary/aromatic N) is 5. The lowest BCUT2D eigenvalue weighted by atomic mass is 9.90. The number of aromatic nitrogens is 5. The third-order valence-corrected chi connectivity index (χ3v) is 7.26. The molecule has 4 aromatic rings. The van der Waals surface area contributed by atoms with E-state index in [1.807, 2.05) is 16.8 Å². The molecule has 0 spiro atoms. The van der Waals surface area contributed by atoms with Crippen molar-refractivity contribution < 1.29 is 4.74 Å². The Kier molecular flexibility index (Phi) is 6.90. The normalized spacial score (nSPS) is 16.2. The number of H-pyrrole nitrogens is 1. The molecule has 0 saturated carbocycles. The topological polar surface area (TPSA) is 71.9 Å². The molecule has 7 nitrogen and oxygen atoms in total. The first kappa shape index (κ1) is 22.6. The second-order valence-corrected chi connectivity index (χ2v) is 9.57. The lowest BCUT2D eigenvalue weighted by Crippen LogP contribution is -2.36. The highest BCUT2D eigenvalue weighted by Gasteiger charge is 2.21. The van der Waals surface area contributed by atoms with Crippen molar-refractivity contribution in [2.45, 2.75) is 44.9 Å². The number of piperidine rings is 1. The van der Waals surface area contributed by atoms with Gasteiger partial charge in [0.2, 0.25) is 0 Å². The predicted molar refractivity (Wildman–Crippen MR) is 135 cm³/mol. The van der Waals surface area contributed by atoms with Crippen molar-refractivity contribution in [2.75, 3.05) is 26.7 Å². The molecule has 1 aromatic carbocycles. The summed E-state index contributed by atoms with van der Waals surface area (Å²) in [6, 6.07) is 10.5. The van der Waals surface area contributed by atoms with Crippen LogP contribution in [0.4, 0.5) is 0 Å². The maximum absolute atomic E-state index is 5.36. The maximum Gasteiger partial charge on any atom is 0.123 e. The fourth-order valence-electron chi connectivity index (χ4n) is 5.21. The molecule has 1 saturated heterocycles. The van der Waals surface area contributed by atoms with Gasteiger partial charge >= 0.3 is 0 Å². The first-order valence-corrected chi connectivity index (χ1v) is 12.4. The third-order valence-electron chi connectivity index (χ3n) is 7.26. The lowest BCUT2D eigenvalue weighted by molar-refractivity contribution is 0.170. The summed E-state index contributed by atoms with van der Waals surface area (Å²) in [6.45, 7) is 5.71. The number of aryl methyl sites for hydroxylation is 1. The van der Waals surface area contributed by atoms with Gasteiger partial charge in [0, 0.05) is 53.2 Å². The molecule has 0 radical (unpaired) electrons. The predicted octanol–water partition coefficient (Wildman–Crippen LogP) is 4.99. The van der Waals surface area contributed by atoms with Crippen LogP contribution in [0.15, 0.2) is 55.4 Å². The van der Waals surface area contributed by atoms with Crippen molar-refractivity contribution in [3.8, 4) is 11.4 Å². The number of hydrogen-bond acceptors (Lipinski definition) is 5. The van der Waals surface area contributed by atoms with E-state index in [2.05, 4.69) is 62.5 Å². The first-order valence-electron chi connectivity index (χ1n) is 12.4. The molecule has 34 heavy (non-hydrogen) atoms. The second-order valence-electron chi connectivity index (χ2n) is 9.57. The Morgan fingerprint density at radius 3 is 2.74 bits per heavy atom. The lowest BCUT2D eigenvalue weighted by Gasteiger charge is -2.33. The van der Waals surface area contributed by atoms with Gasteiger partial charge in [0.15, 0.2) is 0 Å². The minimum atomic E-state index is 0.413. The number of benzene rings is 1. The molecule has 4 heterocycles. The van der Waals surface area contributed by atoms with E-state index in [0.29, 0.717) is 5.92 Å². The van der Waals surface area contributed by atoms with Crippen LogP contribution >= 0.6 is 0 Å². The molecule has 7 heteroatoms. The van der Waals surface area contributed by atoms with Gasteiger partial charge < -0.3 is 14.6 Å². The molecule has 1 N–H and O–H groups in total. The van der Waals surface area contributed by atoms with Gasteiger partial charge in [-0.15, -0.1) is 10.2 Å². The summed E-state index contributed by atoms with van der Waals surface area (Å²) < 4.78 is 7.31. The summed E-state index contributed by atoms with van der Waals surface area (Å²) in [5, 5.41) is 9.16. The van der Waals surface area contributed by atoms with Gasteiger partial charge in [0.05, 0.1) is 7.11 Å². The highest BCUT2D eigenvalue weighted by Crippen LogP contribution is 2.27. The Morgan fingerprint density at radius 1 is 1.12 bits per heavy atom. The van der Waals surface area contributed by atoms with E-state index < -0.39 is 0 Å². The average molecular weight is 459 g/mol. The van der Waals surface area contributed by atoms with Crippen LogP contribution in [0.3, 0.4) is 0 Å². The summed E-state index contributed by atoms with van der Waals surface area (Å²) >= 11 is 0. The molecule has 1 unspecified atom stereocenters. The second kappa shape index (κ2) is 10.4. The third kappa shape index (κ3) is 5.14. The van der Waals surface area contributed by atoms with Crippen molar-refractivity contribution in [1.82, 2.24) is 29.6 Å². The van der Waals surface area contributed by atoms with Crippen LogP contribution in [0, 0.1) is 5.92 Å². The largest absolute Gasteiger partial charge is 0.497 e. The molecular formula is C27H34N6O. The molecule has 0 amide bonds. The number of aromatic amines is 1. The van der Waals surface area contributed by atoms with Crippen LogP contribution in [0.2, 0.25) is 0 Å². The van der Waals surface area contributed by atoms with Crippen LogP contribution in [0.1, 0.15) is 49.8 Å². The van der Waals surface area contributed by atoms with E-state index in [1.165, 1.54) is 55.2 Å². The Labute approximate surface area is 201 Å². The average Bonchev–Trinajstić information content (AvgIpc) is 3.55. The molecule has 5 rings (SSSR count). The summed E-state index contributed by atoms with van der Waals surface area (Å²) in [5.41, 5.74) is 4.82. The van der Waals surface area contributed by atoms with E-state index >= 15 is 0 Å². The first-order chi connectivity index (χ1) is 16.7. The van der Waals surface area contributed by atoms with Crippen molar-refractivity contribution in [3.63, 3.8) is 0 Å². The molecular weight excluding hydrogens is 424 g/mol. The summed E-state index contributed by atoms with van der Waals surface area (Å²) in [7, 11) is 1.71. The summed E-state index contributed by atoms with van der Waals surface area (Å²) in [6.07, 6.45) is 13.8. The van der Waals surface area contributed by atoms with E-state index in [4.69, 9.17) is 4.74 Å². The fourth-order valence-corrected chi connectivity index (χ4v) is 5.21. The van der Waals surface area contributed by atoms with Crippen molar-refractivity contribution in [2.24, 2.45) is 5.92 Å². The molecule has 1 aliphatic rings. The van der Waals surface area contributed by atoms with Crippen LogP contribution in [-0.4, -0.2) is 56.4 Å². The van der Waals surface area contributed by atoms with Crippen LogP contribution < -0.4 is 4.74 Å². The Balaban J connectivity index is 1.09. The SMILES string of the molecule is COc1ccnc(C(C)CN2CCC(CCCc3c[nH]c4ccc(-n5cnnc5)cc34)CC2)c1. The number of methoxy groups -OCH3 is 1. The zero-order valence-electron chi connectivity index (χ0n) is 20.2. The zero-order chi connectivity index (χ0) is 23.3. The Hall–Kier alpha value is -3.19. The molecule has 1 aliphatic heterocycles. The molecule has 0 aliphatic carbocycles. The van der Waals surface area contributed by atoms with Crippen LogP contribution in [-0.2, 0) is 6.42 Å². The van der Waals surface area contributed by atoms with Crippen LogP contribution in [0.5, 0.6) is 5.75 Å². The van der Waals surface area contributed by atoms with Gasteiger partial charge in [-0.1, -0.05) is 13.3 Å². The number of hydrogen-bond donors (Lipinski definition) is 1. The standard InChI is InChI=1S/C27H34N6O/c1-20(27-15-24(34-2)8-11-28-27)17-32-12-9-21(10-13-32)4-3-5-22-16-29-26-7-6-23(14-25(22)26)33-18-30-31-19-33/h6-8,11,14-16,18-21,29H,3-5,9-10,12-13,17H2,1-2H3. The quantitative estimate of drug-likeness (QED) is 0.383. The minimum absolute atomic E-state index is 0.413. The smallest absolute Gasteiger partial charge is 0.123 e. The Bertz CT molecular complexity index is 1190. The van der Waals surface area contributed by atoms with Gasteiger partial charge in [-0.05, 0) is 74.5 Å². The molecule has 1 atom stereocenters. The van der Waals surface area contributed by atoms with Gasteiger partial charge in [-0.3, -0.25) is 9.55 Å². The number of likely N-dealkylation sites (tertiary alicyclic amines) is 1. The molecule has 178 valence electrons. The number of fused-ring (bicyclic) bond motifs is 1. The highest BCUT2D eigenvalue weighted by atomic mass is 16.5. The highest BCUT2D eigenvalue weighted by molar-refractivity contribution is 5.85. The summed E-state index contributed by atoms with van der Waals surface area (Å²) in [5.74, 6) is 2.14. The minimum Gasteiger partial charge on any atom is -0.497 e. The number of pyridine rings is 1. The zero-order valence-corrected chi connectivity index (χ0v) is 20.2. The molecule has 3 aromatic heterocycles. The Morgan fingerprint density at radius 2 is 1.94 bits per heavy atom. The van der Waals surface area contributed by atoms with E-state index in [-0.39, 0.29) is 0 Å². The van der Waals surface area contributed by atoms with E-state index in [9.17, 15) is 0 Å². The van der Waals surface area contributed by atoms with Gasteiger partial charge in [-0.2, -0.15) is 0 Å². The maximum atomic E-state index is 5.36. The number of ether oxygens (including phenoxy) is 1. The fraction of sp³-hybridized carbons (Fsp3) is 0.444. The molecule has 1 fully saturated rings. The number of nitrogens with one attached hydrogen (secondary N) is 1. The monoisotopic (exact) mass is 458 g/mol. The van der Waals surface area contributed by atoms with Gasteiger partial charge in [0.1, 0.15) is 18.4 Å². The molecule has 0 bridgehead atoms. The van der Waals surface area contributed by atoms with Crippen molar-refractivity contribution >= 4 is 10.9 Å². The number of rotatable bonds is 9. The van der Waals surface area contributed by atoms with Gasteiger partial charge in [0.25, 0.3) is 0 Å². The summed E-state index contributed by atoms with van der Waals surface area (Å²) in [4.78, 5) is 10.6.